The van der Waals surface area contributed by atoms with Gasteiger partial charge in [0.1, 0.15) is 73.2 Å². The molecule has 7 fully saturated rings. The SMILES string of the molecule is C=C1C[C@@]23CC[C@H]4C(C)(CCC[C@@]4(C)C(=O)O[C@@H]4O[C@H](CO)C(O)[C@H](O)C4O)[C@@H]2CCC1(OC1O[C@H](CO)C(O)[C@H](O)C1OC1O[C@H](CO)C(O)[C@H](O)C1O)C3. The number of aliphatic hydroxyl groups excluding tert-OH is 11. The van der Waals surface area contributed by atoms with E-state index in [1.165, 1.54) is 0 Å². The summed E-state index contributed by atoms with van der Waals surface area (Å²) in [5.74, 6) is -0.591. The molecule has 11 N–H and O–H groups in total. The highest BCUT2D eigenvalue weighted by Crippen LogP contribution is 2.73. The largest absolute Gasteiger partial charge is 0.432 e. The number of fused-ring (bicyclic) bond motifs is 3. The number of ether oxygens (including phenoxy) is 6. The Morgan fingerprint density at radius 1 is 0.679 bits per heavy atom. The van der Waals surface area contributed by atoms with Gasteiger partial charge in [0.05, 0.1) is 30.8 Å². The van der Waals surface area contributed by atoms with Gasteiger partial charge in [-0.3, -0.25) is 4.79 Å². The van der Waals surface area contributed by atoms with E-state index < -0.39 is 129 Å². The zero-order valence-corrected chi connectivity index (χ0v) is 31.8. The molecule has 3 aliphatic heterocycles. The first-order valence-electron chi connectivity index (χ1n) is 19.9. The summed E-state index contributed by atoms with van der Waals surface area (Å²) < 4.78 is 35.6. The number of carbonyl (C=O) groups excluding carboxylic acids is 1. The van der Waals surface area contributed by atoms with Gasteiger partial charge < -0.3 is 84.6 Å². The van der Waals surface area contributed by atoms with Gasteiger partial charge in [0, 0.05) is 0 Å². The number of hydrogen-bond donors (Lipinski definition) is 11. The lowest BCUT2D eigenvalue weighted by molar-refractivity contribution is -0.378. The molecule has 4 aliphatic carbocycles. The normalized spacial score (nSPS) is 54.6. The van der Waals surface area contributed by atoms with Crippen LogP contribution >= 0.6 is 0 Å². The van der Waals surface area contributed by atoms with Gasteiger partial charge in [0.25, 0.3) is 0 Å². The second-order valence-electron chi connectivity index (χ2n) is 18.0. The lowest BCUT2D eigenvalue weighted by Crippen LogP contribution is -2.65. The number of esters is 1. The fourth-order valence-electron chi connectivity index (χ4n) is 12.0. The Labute approximate surface area is 324 Å². The van der Waals surface area contributed by atoms with Crippen LogP contribution in [-0.4, -0.2) is 180 Å². The van der Waals surface area contributed by atoms with E-state index in [9.17, 15) is 61.0 Å². The number of aliphatic hydroxyl groups is 11. The average Bonchev–Trinajstić information content (AvgIpc) is 3.37. The molecule has 7 aliphatic rings. The van der Waals surface area contributed by atoms with E-state index in [0.717, 1.165) is 18.4 Å². The van der Waals surface area contributed by atoms with Crippen LogP contribution < -0.4 is 0 Å². The molecule has 0 radical (unpaired) electrons. The van der Waals surface area contributed by atoms with Gasteiger partial charge in [0.2, 0.25) is 6.29 Å². The van der Waals surface area contributed by atoms with E-state index in [-0.39, 0.29) is 22.7 Å². The van der Waals surface area contributed by atoms with Crippen molar-refractivity contribution in [1.29, 1.82) is 0 Å². The minimum absolute atomic E-state index is 0.121. The van der Waals surface area contributed by atoms with Crippen molar-refractivity contribution in [2.75, 3.05) is 19.8 Å². The predicted octanol–water partition coefficient (Wildman–Crippen LogP) is -2.94. The van der Waals surface area contributed by atoms with Crippen molar-refractivity contribution in [3.63, 3.8) is 0 Å². The Morgan fingerprint density at radius 2 is 1.21 bits per heavy atom. The van der Waals surface area contributed by atoms with Crippen molar-refractivity contribution in [3.8, 4) is 0 Å². The maximum absolute atomic E-state index is 14.1. The second-order valence-corrected chi connectivity index (χ2v) is 18.0. The molecule has 3 heterocycles. The lowest BCUT2D eigenvalue weighted by atomic mass is 9.41. The molecule has 7 rings (SSSR count). The van der Waals surface area contributed by atoms with Crippen molar-refractivity contribution in [2.24, 2.45) is 28.1 Å². The molecule has 3 saturated heterocycles. The third kappa shape index (κ3) is 6.69. The molecule has 0 amide bonds. The van der Waals surface area contributed by atoms with Crippen molar-refractivity contribution < 1.29 is 89.4 Å². The highest BCUT2D eigenvalue weighted by molar-refractivity contribution is 5.77. The Kier molecular flexibility index (Phi) is 11.9. The molecule has 2 bridgehead atoms. The van der Waals surface area contributed by atoms with Crippen LogP contribution in [0.3, 0.4) is 0 Å². The monoisotopic (exact) mass is 804 g/mol. The van der Waals surface area contributed by atoms with E-state index >= 15 is 0 Å². The molecule has 0 aromatic heterocycles. The minimum atomic E-state index is -1.81. The van der Waals surface area contributed by atoms with E-state index in [2.05, 4.69) is 13.5 Å². The van der Waals surface area contributed by atoms with Gasteiger partial charge in [-0.2, -0.15) is 0 Å². The lowest BCUT2D eigenvalue weighted by Gasteiger charge is -2.64. The van der Waals surface area contributed by atoms with Crippen molar-refractivity contribution in [1.82, 2.24) is 0 Å². The van der Waals surface area contributed by atoms with Crippen LogP contribution in [0.15, 0.2) is 12.2 Å². The molecule has 10 unspecified atom stereocenters. The first-order valence-corrected chi connectivity index (χ1v) is 19.9. The molecule has 4 saturated carbocycles. The zero-order chi connectivity index (χ0) is 40.7. The average molecular weight is 805 g/mol. The van der Waals surface area contributed by atoms with Crippen LogP contribution in [0.25, 0.3) is 0 Å². The van der Waals surface area contributed by atoms with Crippen LogP contribution in [0.5, 0.6) is 0 Å². The first-order chi connectivity index (χ1) is 26.4. The third-order valence-electron chi connectivity index (χ3n) is 15.0. The second kappa shape index (κ2) is 15.6. The predicted molar refractivity (Wildman–Crippen MR) is 186 cm³/mol. The van der Waals surface area contributed by atoms with Gasteiger partial charge in [-0.1, -0.05) is 19.9 Å². The van der Waals surface area contributed by atoms with Gasteiger partial charge in [-0.15, -0.1) is 0 Å². The molecule has 0 aromatic carbocycles. The number of rotatable bonds is 9. The molecule has 1 spiro atoms. The standard InChI is InChI=1S/C38H60O18/c1-16-11-37-9-5-20-35(2,7-4-8-36(20,3)34(50)55-32-29(49)26(46)23(43)18(13-40)52-32)21(37)6-10-38(16,15-37)56-33-30(27(47)24(44)19(14-41)53-33)54-31-28(48)25(45)22(42)17(12-39)51-31/h17-33,39-49H,1,4-15H2,2-3H3/t17-,18-,19-,20+,21+,22?,23?,24?,25+,26+,27+,28?,29?,30?,31?,32+,33?,35?,36-,37-,38?/m1/s1. The summed E-state index contributed by atoms with van der Waals surface area (Å²) in [6, 6.07) is 0. The molecular weight excluding hydrogens is 744 g/mol. The summed E-state index contributed by atoms with van der Waals surface area (Å²) in [6.07, 6.45) is -17.8. The fourth-order valence-corrected chi connectivity index (χ4v) is 12.0. The van der Waals surface area contributed by atoms with E-state index in [0.29, 0.717) is 44.9 Å². The van der Waals surface area contributed by atoms with Crippen LogP contribution in [-0.2, 0) is 33.2 Å². The van der Waals surface area contributed by atoms with Crippen LogP contribution in [0.2, 0.25) is 0 Å². The van der Waals surface area contributed by atoms with Crippen molar-refractivity contribution in [2.45, 2.75) is 169 Å². The third-order valence-corrected chi connectivity index (χ3v) is 15.0. The summed E-state index contributed by atoms with van der Waals surface area (Å²) in [5.41, 5.74) is -1.80. The smallest absolute Gasteiger partial charge is 0.314 e. The van der Waals surface area contributed by atoms with E-state index in [4.69, 9.17) is 28.4 Å². The maximum Gasteiger partial charge on any atom is 0.314 e. The molecular formula is C38H60O18. The highest BCUT2D eigenvalue weighted by atomic mass is 16.8. The Morgan fingerprint density at radius 3 is 1.82 bits per heavy atom. The van der Waals surface area contributed by atoms with Crippen LogP contribution in [0.4, 0.5) is 0 Å². The fraction of sp³-hybridized carbons (Fsp3) is 0.921. The summed E-state index contributed by atoms with van der Waals surface area (Å²) in [6.45, 7) is 6.52. The summed E-state index contributed by atoms with van der Waals surface area (Å²) in [7, 11) is 0. The van der Waals surface area contributed by atoms with Gasteiger partial charge in [-0.25, -0.2) is 0 Å². The molecule has 18 nitrogen and oxygen atoms in total. The highest BCUT2D eigenvalue weighted by Gasteiger charge is 2.69. The molecule has 21 atom stereocenters. The van der Waals surface area contributed by atoms with Gasteiger partial charge in [-0.05, 0) is 86.5 Å². The summed E-state index contributed by atoms with van der Waals surface area (Å²) >= 11 is 0. The van der Waals surface area contributed by atoms with E-state index in [1.807, 2.05) is 6.92 Å². The molecule has 320 valence electrons. The zero-order valence-electron chi connectivity index (χ0n) is 31.8. The van der Waals surface area contributed by atoms with Crippen LogP contribution in [0.1, 0.15) is 71.6 Å². The first kappa shape index (κ1) is 42.7. The Balaban J connectivity index is 1.10. The van der Waals surface area contributed by atoms with Crippen LogP contribution in [0, 0.1) is 28.1 Å². The topological polar surface area (TPSA) is 295 Å². The molecule has 0 aromatic rings. The van der Waals surface area contributed by atoms with Gasteiger partial charge >= 0.3 is 5.97 Å². The number of hydrogen-bond acceptors (Lipinski definition) is 18. The van der Waals surface area contributed by atoms with Crippen molar-refractivity contribution in [3.05, 3.63) is 12.2 Å². The van der Waals surface area contributed by atoms with E-state index in [1.54, 1.807) is 0 Å². The quantitative estimate of drug-likeness (QED) is 0.0631. The Bertz CT molecular complexity index is 1450. The summed E-state index contributed by atoms with van der Waals surface area (Å²) in [4.78, 5) is 14.1. The molecule has 18 heteroatoms. The van der Waals surface area contributed by atoms with Gasteiger partial charge in [0.15, 0.2) is 12.6 Å². The Hall–Kier alpha value is -1.43. The summed E-state index contributed by atoms with van der Waals surface area (Å²) in [5, 5.41) is 114. The molecule has 56 heavy (non-hydrogen) atoms. The number of carbonyl (C=O) groups is 1. The minimum Gasteiger partial charge on any atom is -0.432 e. The maximum atomic E-state index is 14.1. The van der Waals surface area contributed by atoms with Crippen molar-refractivity contribution >= 4 is 5.97 Å².